The molecule has 0 fully saturated rings. The van der Waals surface area contributed by atoms with Crippen molar-refractivity contribution in [2.24, 2.45) is 5.14 Å². The predicted molar refractivity (Wildman–Crippen MR) is 155 cm³/mol. The smallest absolute Gasteiger partial charge is 0.238 e. The van der Waals surface area contributed by atoms with Crippen molar-refractivity contribution < 1.29 is 17.2 Å². The molecule has 0 aliphatic rings. The number of nitrogens with zero attached hydrogens (tertiary/aromatic N) is 2. The van der Waals surface area contributed by atoms with E-state index in [0.29, 0.717) is 11.1 Å². The Bertz CT molecular complexity index is 1030. The third-order valence-electron chi connectivity index (χ3n) is 4.04. The quantitative estimate of drug-likeness (QED) is 0.273. The van der Waals surface area contributed by atoms with Crippen LogP contribution in [-0.2, 0) is 10.0 Å². The second-order valence-corrected chi connectivity index (χ2v) is 10.3. The Morgan fingerprint density at radius 1 is 1.05 bits per heavy atom. The Balaban J connectivity index is -0.000000440. The first-order valence-corrected chi connectivity index (χ1v) is 15.1. The molecule has 6 nitrogen and oxygen atoms in total. The summed E-state index contributed by atoms with van der Waals surface area (Å²) < 4.78 is 47.0. The fourth-order valence-corrected chi connectivity index (χ4v) is 3.70. The fraction of sp³-hybridized carbons (Fsp3) is 0.500. The number of primary sulfonamides is 1. The lowest BCUT2D eigenvalue weighted by atomic mass is 10.2. The molecule has 2 aromatic rings. The molecule has 2 aromatic carbocycles. The molecule has 0 aliphatic carbocycles. The number of thioether (sulfide) groups is 1. The van der Waals surface area contributed by atoms with E-state index in [1.54, 1.807) is 12.1 Å². The highest BCUT2D eigenvalue weighted by Crippen LogP contribution is 2.25. The van der Waals surface area contributed by atoms with Gasteiger partial charge in [0.15, 0.2) is 0 Å². The summed E-state index contributed by atoms with van der Waals surface area (Å²) in [6.07, 6.45) is 7.24. The number of anilines is 1. The SMILES string of the molecule is CC.CCCCC.CCCN(C)C.CSc1ccc(F)cc1Cl.N#Cc1cc(S(N)(=O)=O)cc(F)c1N. The number of benzene rings is 2. The number of hydrogen-bond donors (Lipinski definition) is 2. The molecular formula is C26H43ClF2N4O2S2. The summed E-state index contributed by atoms with van der Waals surface area (Å²) in [5.41, 5.74) is 4.53. The van der Waals surface area contributed by atoms with Crippen LogP contribution in [0.2, 0.25) is 5.02 Å². The first-order valence-electron chi connectivity index (χ1n) is 11.9. The number of sulfonamides is 1. The molecule has 0 saturated heterocycles. The molecular weight excluding hydrogens is 538 g/mol. The maximum absolute atomic E-state index is 13.0. The summed E-state index contributed by atoms with van der Waals surface area (Å²) in [6, 6.07) is 7.54. The fourth-order valence-electron chi connectivity index (χ4n) is 2.29. The molecule has 0 bridgehead atoms. The standard InChI is InChI=1S/C7H6ClFS.C7H6FN3O2S.C5H13N.C5H12.C2H6/c1-10-7-3-2-5(9)4-6(7)8;8-6-2-5(14(11,12)13)1-4(3-9)7(6)10;1-4-5-6(2)3;1-3-5-4-2;1-2/h2-4H,1H3;1-2H,10H2,(H2,11,12,13);4-5H2,1-3H3;3-5H2,1-2H3;1-2H3. The van der Waals surface area contributed by atoms with Gasteiger partial charge in [0, 0.05) is 4.90 Å². The molecule has 0 saturated carbocycles. The van der Waals surface area contributed by atoms with Gasteiger partial charge in [-0.05, 0) is 63.6 Å². The predicted octanol–water partition coefficient (Wildman–Crippen LogP) is 7.31. The van der Waals surface area contributed by atoms with Crippen molar-refractivity contribution in [3.63, 3.8) is 0 Å². The third-order valence-corrected chi connectivity index (χ3v) is 6.16. The molecule has 0 aromatic heterocycles. The van der Waals surface area contributed by atoms with Crippen LogP contribution in [0.3, 0.4) is 0 Å². The van der Waals surface area contributed by atoms with Crippen molar-refractivity contribution >= 4 is 39.1 Å². The zero-order valence-corrected chi connectivity index (χ0v) is 25.6. The normalized spacial score (nSPS) is 9.73. The van der Waals surface area contributed by atoms with E-state index in [2.05, 4.69) is 39.8 Å². The van der Waals surface area contributed by atoms with Gasteiger partial charge in [0.2, 0.25) is 10.0 Å². The number of rotatable bonds is 6. The lowest BCUT2D eigenvalue weighted by Gasteiger charge is -2.03. The molecule has 37 heavy (non-hydrogen) atoms. The first kappa shape index (κ1) is 39.6. The van der Waals surface area contributed by atoms with E-state index in [9.17, 15) is 17.2 Å². The van der Waals surface area contributed by atoms with E-state index in [0.717, 1.165) is 11.0 Å². The summed E-state index contributed by atoms with van der Waals surface area (Å²) in [6.45, 7) is 11.8. The summed E-state index contributed by atoms with van der Waals surface area (Å²) in [5, 5.41) is 13.7. The molecule has 2 rings (SSSR count). The van der Waals surface area contributed by atoms with Crippen LogP contribution >= 0.6 is 23.4 Å². The van der Waals surface area contributed by atoms with Crippen LogP contribution in [0.5, 0.6) is 0 Å². The number of nitriles is 1. The highest BCUT2D eigenvalue weighted by Gasteiger charge is 2.14. The van der Waals surface area contributed by atoms with E-state index in [-0.39, 0.29) is 17.1 Å². The number of unbranched alkanes of at least 4 members (excludes halogenated alkanes) is 2. The van der Waals surface area contributed by atoms with Crippen molar-refractivity contribution in [1.82, 2.24) is 4.90 Å². The Morgan fingerprint density at radius 3 is 1.89 bits per heavy atom. The van der Waals surface area contributed by atoms with E-state index >= 15 is 0 Å². The van der Waals surface area contributed by atoms with Crippen LogP contribution in [0.25, 0.3) is 0 Å². The molecule has 0 amide bonds. The summed E-state index contributed by atoms with van der Waals surface area (Å²) in [4.78, 5) is 2.61. The van der Waals surface area contributed by atoms with Gasteiger partial charge in [0.25, 0.3) is 0 Å². The van der Waals surface area contributed by atoms with Crippen molar-refractivity contribution in [1.29, 1.82) is 5.26 Å². The van der Waals surface area contributed by atoms with Gasteiger partial charge in [-0.2, -0.15) is 5.26 Å². The van der Waals surface area contributed by atoms with Crippen LogP contribution in [0.4, 0.5) is 14.5 Å². The maximum atomic E-state index is 13.0. The molecule has 0 radical (unpaired) electrons. The topological polar surface area (TPSA) is 113 Å². The lowest BCUT2D eigenvalue weighted by Crippen LogP contribution is -2.13. The zero-order chi connectivity index (χ0) is 29.6. The first-order chi connectivity index (χ1) is 17.3. The Hall–Kier alpha value is -1.90. The molecule has 0 aliphatic heterocycles. The van der Waals surface area contributed by atoms with Gasteiger partial charge < -0.3 is 10.6 Å². The van der Waals surface area contributed by atoms with E-state index < -0.39 is 20.7 Å². The largest absolute Gasteiger partial charge is 0.395 e. The lowest BCUT2D eigenvalue weighted by molar-refractivity contribution is 0.408. The second kappa shape index (κ2) is 23.2. The average Bonchev–Trinajstić information content (AvgIpc) is 2.83. The molecule has 212 valence electrons. The maximum Gasteiger partial charge on any atom is 0.238 e. The van der Waals surface area contributed by atoms with E-state index in [1.807, 2.05) is 20.1 Å². The highest BCUT2D eigenvalue weighted by molar-refractivity contribution is 7.98. The van der Waals surface area contributed by atoms with Crippen LogP contribution in [0, 0.1) is 23.0 Å². The monoisotopic (exact) mass is 580 g/mol. The Labute approximate surface area is 232 Å². The minimum Gasteiger partial charge on any atom is -0.395 e. The number of hydrogen-bond acceptors (Lipinski definition) is 6. The highest BCUT2D eigenvalue weighted by atomic mass is 35.5. The molecule has 0 unspecified atom stereocenters. The van der Waals surface area contributed by atoms with Gasteiger partial charge in [-0.25, -0.2) is 22.3 Å². The van der Waals surface area contributed by atoms with E-state index in [4.69, 9.17) is 27.7 Å². The van der Waals surface area contributed by atoms with E-state index in [1.165, 1.54) is 56.1 Å². The molecule has 0 spiro atoms. The molecule has 4 N–H and O–H groups in total. The summed E-state index contributed by atoms with van der Waals surface area (Å²) in [7, 11) is 0.152. The van der Waals surface area contributed by atoms with Gasteiger partial charge in [-0.3, -0.25) is 0 Å². The van der Waals surface area contributed by atoms with Crippen LogP contribution < -0.4 is 10.9 Å². The van der Waals surface area contributed by atoms with Gasteiger partial charge in [-0.15, -0.1) is 11.8 Å². The minimum absolute atomic E-state index is 0.256. The van der Waals surface area contributed by atoms with Crippen molar-refractivity contribution in [3.05, 3.63) is 52.6 Å². The summed E-state index contributed by atoms with van der Waals surface area (Å²) >= 11 is 7.17. The average molecular weight is 581 g/mol. The number of halogens is 3. The van der Waals surface area contributed by atoms with Crippen LogP contribution in [-0.4, -0.2) is 40.2 Å². The van der Waals surface area contributed by atoms with Crippen molar-refractivity contribution in [3.8, 4) is 6.07 Å². The van der Waals surface area contributed by atoms with Gasteiger partial charge in [-0.1, -0.05) is 65.5 Å². The molecule has 11 heteroatoms. The zero-order valence-electron chi connectivity index (χ0n) is 23.2. The third kappa shape index (κ3) is 19.8. The number of nitrogens with two attached hydrogens (primary N) is 2. The molecule has 0 heterocycles. The number of nitrogen functional groups attached to an aromatic ring is 1. The molecule has 0 atom stereocenters. The van der Waals surface area contributed by atoms with Crippen LogP contribution in [0.15, 0.2) is 40.1 Å². The van der Waals surface area contributed by atoms with Gasteiger partial charge in [0.05, 0.1) is 21.2 Å². The van der Waals surface area contributed by atoms with Crippen molar-refractivity contribution in [2.45, 2.75) is 70.1 Å². The van der Waals surface area contributed by atoms with Crippen molar-refractivity contribution in [2.75, 3.05) is 32.6 Å². The summed E-state index contributed by atoms with van der Waals surface area (Å²) in [5.74, 6) is -1.27. The second-order valence-electron chi connectivity index (χ2n) is 7.46. The Kier molecular flexibility index (Phi) is 24.9. The van der Waals surface area contributed by atoms with Gasteiger partial charge >= 0.3 is 0 Å². The van der Waals surface area contributed by atoms with Gasteiger partial charge in [0.1, 0.15) is 17.7 Å². The Morgan fingerprint density at radius 2 is 1.59 bits per heavy atom. The minimum atomic E-state index is -4.02. The van der Waals surface area contributed by atoms with Crippen LogP contribution in [0.1, 0.15) is 65.9 Å².